The van der Waals surface area contributed by atoms with Crippen LogP contribution in [0.4, 0.5) is 0 Å². The lowest BCUT2D eigenvalue weighted by Crippen LogP contribution is -2.25. The maximum atomic E-state index is 10.3. The van der Waals surface area contributed by atoms with Crippen molar-refractivity contribution in [3.63, 3.8) is 0 Å². The van der Waals surface area contributed by atoms with Gasteiger partial charge in [0.15, 0.2) is 0 Å². The van der Waals surface area contributed by atoms with Gasteiger partial charge in [-0.05, 0) is 25.2 Å². The lowest BCUT2D eigenvalue weighted by atomic mass is 9.79. The number of rotatable bonds is 3. The summed E-state index contributed by atoms with van der Waals surface area (Å²) in [5.41, 5.74) is 0. The van der Waals surface area contributed by atoms with Crippen molar-refractivity contribution in [1.29, 1.82) is 0 Å². The van der Waals surface area contributed by atoms with Crippen LogP contribution in [0.1, 0.15) is 19.3 Å². The smallest absolute Gasteiger partial charge is 0.0934 e. The summed E-state index contributed by atoms with van der Waals surface area (Å²) >= 11 is 0. The number of nitrogens with zero attached hydrogens (tertiary/aromatic N) is 2. The number of hydrogen-bond acceptors (Lipinski definition) is 4. The molecule has 3 atom stereocenters. The molecule has 1 saturated carbocycles. The van der Waals surface area contributed by atoms with Crippen molar-refractivity contribution < 1.29 is 0 Å². The fourth-order valence-corrected chi connectivity index (χ4v) is 1.88. The molecule has 1 unspecified atom stereocenters. The van der Waals surface area contributed by atoms with Gasteiger partial charge in [0.1, 0.15) is 0 Å². The van der Waals surface area contributed by atoms with E-state index in [0.29, 0.717) is 12.8 Å². The second kappa shape index (κ2) is 4.70. The molecule has 4 nitrogen and oxygen atoms in total. The zero-order valence-electron chi connectivity index (χ0n) is 7.35. The van der Waals surface area contributed by atoms with E-state index in [2.05, 4.69) is 16.3 Å². The Bertz CT molecular complexity index is 234. The molecule has 13 heavy (non-hydrogen) atoms. The van der Waals surface area contributed by atoms with Crippen molar-refractivity contribution in [3.8, 4) is 12.3 Å². The highest BCUT2D eigenvalue weighted by molar-refractivity contribution is 4.99. The summed E-state index contributed by atoms with van der Waals surface area (Å²) in [7, 11) is 0. The maximum absolute atomic E-state index is 10.3. The van der Waals surface area contributed by atoms with Crippen LogP contribution >= 0.6 is 0 Å². The first-order valence-electron chi connectivity index (χ1n) is 4.37. The van der Waals surface area contributed by atoms with Crippen molar-refractivity contribution in [2.75, 3.05) is 6.54 Å². The van der Waals surface area contributed by atoms with E-state index >= 15 is 0 Å². The van der Waals surface area contributed by atoms with Crippen LogP contribution in [0.2, 0.25) is 0 Å². The quantitative estimate of drug-likeness (QED) is 0.492. The molecule has 70 valence electrons. The summed E-state index contributed by atoms with van der Waals surface area (Å²) in [6, 6.07) is -0.221. The van der Waals surface area contributed by atoms with E-state index < -0.39 is 0 Å². The van der Waals surface area contributed by atoms with Crippen LogP contribution < -0.4 is 0 Å². The predicted molar refractivity (Wildman–Crippen MR) is 49.9 cm³/mol. The molecule has 0 bridgehead atoms. The van der Waals surface area contributed by atoms with E-state index in [9.17, 15) is 9.81 Å². The summed E-state index contributed by atoms with van der Waals surface area (Å²) < 4.78 is 0. The minimum atomic E-state index is -0.221. The third-order valence-electron chi connectivity index (χ3n) is 2.50. The van der Waals surface area contributed by atoms with Crippen LogP contribution in [0, 0.1) is 34.0 Å². The van der Waals surface area contributed by atoms with E-state index in [4.69, 9.17) is 6.42 Å². The summed E-state index contributed by atoms with van der Waals surface area (Å²) in [6.45, 7) is 0.254. The molecule has 0 heterocycles. The molecule has 4 heteroatoms. The zero-order valence-corrected chi connectivity index (χ0v) is 7.35. The molecule has 1 rings (SSSR count). The predicted octanol–water partition coefficient (Wildman–Crippen LogP) is 1.94. The van der Waals surface area contributed by atoms with Crippen molar-refractivity contribution >= 4 is 0 Å². The molecule has 1 aliphatic carbocycles. The first kappa shape index (κ1) is 9.85. The van der Waals surface area contributed by atoms with Crippen LogP contribution in [0.25, 0.3) is 0 Å². The lowest BCUT2D eigenvalue weighted by molar-refractivity contribution is 0.285. The Morgan fingerprint density at radius 1 is 1.31 bits per heavy atom. The van der Waals surface area contributed by atoms with Crippen molar-refractivity contribution in [3.05, 3.63) is 9.81 Å². The lowest BCUT2D eigenvalue weighted by Gasteiger charge is -2.27. The molecule has 1 aliphatic rings. The molecule has 0 aromatic carbocycles. The Labute approximate surface area is 77.0 Å². The van der Waals surface area contributed by atoms with Gasteiger partial charge in [0.05, 0.1) is 12.6 Å². The molecular formula is C9H12N2O2. The Kier molecular flexibility index (Phi) is 3.56. The largest absolute Gasteiger partial charge is 0.151 e. The van der Waals surface area contributed by atoms with E-state index in [-0.39, 0.29) is 24.4 Å². The molecular weight excluding hydrogens is 168 g/mol. The Morgan fingerprint density at radius 3 is 2.62 bits per heavy atom. The topological polar surface area (TPSA) is 58.9 Å². The molecule has 0 saturated heterocycles. The normalized spacial score (nSPS) is 33.3. The molecule has 0 amide bonds. The van der Waals surface area contributed by atoms with Crippen molar-refractivity contribution in [2.45, 2.75) is 25.3 Å². The Morgan fingerprint density at radius 2 is 2.08 bits per heavy atom. The third-order valence-corrected chi connectivity index (χ3v) is 2.50. The SMILES string of the molecule is C#CC1C[C@H](CN=O)C[C@H](N=O)C1. The van der Waals surface area contributed by atoms with Gasteiger partial charge in [0.2, 0.25) is 0 Å². The highest BCUT2D eigenvalue weighted by Gasteiger charge is 2.28. The van der Waals surface area contributed by atoms with E-state index in [0.717, 1.165) is 6.42 Å². The van der Waals surface area contributed by atoms with E-state index in [1.807, 2.05) is 0 Å². The van der Waals surface area contributed by atoms with E-state index in [1.54, 1.807) is 0 Å². The summed E-state index contributed by atoms with van der Waals surface area (Å²) in [5.74, 6) is 2.85. The van der Waals surface area contributed by atoms with Gasteiger partial charge in [0, 0.05) is 5.92 Å². The molecule has 0 aromatic rings. The average molecular weight is 180 g/mol. The average Bonchev–Trinajstić information content (AvgIpc) is 2.17. The van der Waals surface area contributed by atoms with Gasteiger partial charge in [0.25, 0.3) is 0 Å². The minimum Gasteiger partial charge on any atom is -0.151 e. The zero-order chi connectivity index (χ0) is 9.68. The minimum absolute atomic E-state index is 0.0863. The maximum Gasteiger partial charge on any atom is 0.0934 e. The van der Waals surface area contributed by atoms with Crippen molar-refractivity contribution in [2.24, 2.45) is 22.2 Å². The number of hydrogen-bond donors (Lipinski definition) is 0. The molecule has 0 aromatic heterocycles. The summed E-state index contributed by atoms with van der Waals surface area (Å²) in [6.07, 6.45) is 7.40. The third kappa shape index (κ3) is 2.62. The van der Waals surface area contributed by atoms with Gasteiger partial charge >= 0.3 is 0 Å². The molecule has 0 spiro atoms. The summed E-state index contributed by atoms with van der Waals surface area (Å²) in [5, 5.41) is 5.82. The van der Waals surface area contributed by atoms with Gasteiger partial charge in [-0.2, -0.15) is 9.81 Å². The van der Waals surface area contributed by atoms with E-state index in [1.165, 1.54) is 0 Å². The van der Waals surface area contributed by atoms with Crippen LogP contribution in [-0.4, -0.2) is 12.6 Å². The Balaban J connectivity index is 2.54. The second-order valence-electron chi connectivity index (χ2n) is 3.51. The molecule has 0 N–H and O–H groups in total. The van der Waals surface area contributed by atoms with Gasteiger partial charge in [-0.25, -0.2) is 0 Å². The Hall–Kier alpha value is -1.24. The fourth-order valence-electron chi connectivity index (χ4n) is 1.88. The summed E-state index contributed by atoms with van der Waals surface area (Å²) in [4.78, 5) is 20.4. The van der Waals surface area contributed by atoms with Crippen LogP contribution in [0.5, 0.6) is 0 Å². The number of terminal acetylenes is 1. The van der Waals surface area contributed by atoms with Crippen molar-refractivity contribution in [1.82, 2.24) is 0 Å². The standard InChI is InChI=1S/C9H12N2O2/c1-2-7-3-8(6-10-12)5-9(4-7)11-13/h1,7-9H,3-6H2/t7?,8-,9+/m0/s1. The highest BCUT2D eigenvalue weighted by atomic mass is 16.3. The first-order valence-corrected chi connectivity index (χ1v) is 4.37. The van der Waals surface area contributed by atoms with Gasteiger partial charge < -0.3 is 0 Å². The van der Waals surface area contributed by atoms with Gasteiger partial charge in [-0.3, -0.25) is 0 Å². The first-order chi connectivity index (χ1) is 6.30. The van der Waals surface area contributed by atoms with Gasteiger partial charge in [-0.15, -0.1) is 12.3 Å². The molecule has 0 aliphatic heterocycles. The van der Waals surface area contributed by atoms with Crippen LogP contribution in [0.3, 0.4) is 0 Å². The number of nitroso groups, excluding NO2 is 2. The molecule has 0 radical (unpaired) electrons. The van der Waals surface area contributed by atoms with Crippen LogP contribution in [-0.2, 0) is 0 Å². The van der Waals surface area contributed by atoms with Crippen LogP contribution in [0.15, 0.2) is 10.4 Å². The second-order valence-corrected chi connectivity index (χ2v) is 3.51. The fraction of sp³-hybridized carbons (Fsp3) is 0.778. The van der Waals surface area contributed by atoms with Gasteiger partial charge in [-0.1, -0.05) is 10.4 Å². The highest BCUT2D eigenvalue weighted by Crippen LogP contribution is 2.30. The molecule has 1 fully saturated rings. The monoisotopic (exact) mass is 180 g/mol.